The Bertz CT molecular complexity index is 526. The van der Waals surface area contributed by atoms with Crippen LogP contribution in [0, 0.1) is 5.82 Å². The van der Waals surface area contributed by atoms with Gasteiger partial charge in [-0.1, -0.05) is 29.8 Å². The van der Waals surface area contributed by atoms with Gasteiger partial charge in [0.1, 0.15) is 18.2 Å². The summed E-state index contributed by atoms with van der Waals surface area (Å²) in [4.78, 5) is 0. The molecule has 18 heavy (non-hydrogen) atoms. The minimum absolute atomic E-state index is 0.0654. The lowest BCUT2D eigenvalue weighted by Crippen LogP contribution is -1.97. The Hall–Kier alpha value is -1.58. The van der Waals surface area contributed by atoms with E-state index in [1.807, 2.05) is 0 Å². The first-order valence-corrected chi connectivity index (χ1v) is 5.83. The quantitative estimate of drug-likeness (QED) is 0.917. The first kappa shape index (κ1) is 12.9. The minimum Gasteiger partial charge on any atom is -0.487 e. The fraction of sp³-hybridized carbons (Fsp3) is 0.143. The predicted octanol–water partition coefficient (Wildman–Crippen LogP) is 3.55. The Balaban J connectivity index is 2.07. The van der Waals surface area contributed by atoms with Crippen molar-refractivity contribution in [2.75, 3.05) is 0 Å². The first-order chi connectivity index (χ1) is 8.69. The molecule has 4 heteroatoms. The van der Waals surface area contributed by atoms with Gasteiger partial charge in [-0.3, -0.25) is 0 Å². The molecule has 0 saturated heterocycles. The number of benzene rings is 2. The third kappa shape index (κ3) is 3.22. The van der Waals surface area contributed by atoms with Crippen LogP contribution in [0.3, 0.4) is 0 Å². The topological polar surface area (TPSA) is 29.5 Å². The lowest BCUT2D eigenvalue weighted by molar-refractivity contribution is 0.278. The summed E-state index contributed by atoms with van der Waals surface area (Å²) >= 11 is 5.98. The van der Waals surface area contributed by atoms with Gasteiger partial charge >= 0.3 is 0 Å². The van der Waals surface area contributed by atoms with Crippen LogP contribution in [0.4, 0.5) is 4.39 Å². The normalized spacial score (nSPS) is 10.4. The Morgan fingerprint density at radius 2 is 1.72 bits per heavy atom. The molecule has 0 spiro atoms. The maximum atomic E-state index is 12.7. The summed E-state index contributed by atoms with van der Waals surface area (Å²) in [6.45, 7) is 0.235. The molecule has 0 unspecified atom stereocenters. The summed E-state index contributed by atoms with van der Waals surface area (Å²) in [5, 5.41) is 9.51. The van der Waals surface area contributed by atoms with Gasteiger partial charge in [0.2, 0.25) is 0 Å². The number of hydrogen-bond acceptors (Lipinski definition) is 2. The first-order valence-electron chi connectivity index (χ1n) is 5.45. The number of hydrogen-bond donors (Lipinski definition) is 1. The zero-order valence-corrected chi connectivity index (χ0v) is 10.3. The zero-order valence-electron chi connectivity index (χ0n) is 9.57. The Kier molecular flexibility index (Phi) is 4.18. The lowest BCUT2D eigenvalue weighted by Gasteiger charge is -2.09. The lowest BCUT2D eigenvalue weighted by atomic mass is 10.2. The van der Waals surface area contributed by atoms with Crippen molar-refractivity contribution in [1.29, 1.82) is 0 Å². The number of aliphatic hydroxyl groups is 1. The summed E-state index contributed by atoms with van der Waals surface area (Å²) < 4.78 is 18.3. The Morgan fingerprint density at radius 3 is 2.39 bits per heavy atom. The molecule has 0 atom stereocenters. The van der Waals surface area contributed by atoms with E-state index in [1.54, 1.807) is 30.3 Å². The maximum absolute atomic E-state index is 12.7. The predicted molar refractivity (Wildman–Crippen MR) is 68.1 cm³/mol. The SMILES string of the molecule is OCc1ccc(Cl)c(OCc2ccc(F)cc2)c1. The summed E-state index contributed by atoms with van der Waals surface area (Å²) in [6.07, 6.45) is 0. The Morgan fingerprint density at radius 1 is 1.06 bits per heavy atom. The van der Waals surface area contributed by atoms with Crippen LogP contribution in [0.25, 0.3) is 0 Å². The summed E-state index contributed by atoms with van der Waals surface area (Å²) in [5.74, 6) is 0.228. The molecule has 2 aromatic carbocycles. The molecule has 1 N–H and O–H groups in total. The molecule has 0 bridgehead atoms. The molecule has 2 nitrogen and oxygen atoms in total. The largest absolute Gasteiger partial charge is 0.487 e. The average Bonchev–Trinajstić information content (AvgIpc) is 2.40. The highest BCUT2D eigenvalue weighted by Gasteiger charge is 2.03. The van der Waals surface area contributed by atoms with E-state index in [2.05, 4.69) is 0 Å². The molecule has 0 heterocycles. The molecule has 0 fully saturated rings. The smallest absolute Gasteiger partial charge is 0.138 e. The second-order valence-corrected chi connectivity index (χ2v) is 4.25. The van der Waals surface area contributed by atoms with Crippen LogP contribution in [0.15, 0.2) is 42.5 Å². The van der Waals surface area contributed by atoms with Crippen LogP contribution in [0.1, 0.15) is 11.1 Å². The van der Waals surface area contributed by atoms with Crippen molar-refractivity contribution in [2.24, 2.45) is 0 Å². The number of rotatable bonds is 4. The molecular formula is C14H12ClFO2. The second kappa shape index (κ2) is 5.85. The molecule has 0 aliphatic rings. The molecule has 0 radical (unpaired) electrons. The van der Waals surface area contributed by atoms with E-state index in [-0.39, 0.29) is 12.4 Å². The standard InChI is InChI=1S/C14H12ClFO2/c15-13-6-3-11(8-17)7-14(13)18-9-10-1-4-12(16)5-2-10/h1-7,17H,8-9H2. The highest BCUT2D eigenvalue weighted by Crippen LogP contribution is 2.26. The summed E-state index contributed by atoms with van der Waals surface area (Å²) in [7, 11) is 0. The zero-order chi connectivity index (χ0) is 13.0. The van der Waals surface area contributed by atoms with Crippen LogP contribution in [-0.4, -0.2) is 5.11 Å². The molecule has 94 valence electrons. The summed E-state index contributed by atoms with van der Waals surface area (Å²) in [6, 6.07) is 11.2. The third-order valence-electron chi connectivity index (χ3n) is 2.49. The van der Waals surface area contributed by atoms with Gasteiger partial charge in [-0.2, -0.15) is 0 Å². The van der Waals surface area contributed by atoms with Crippen molar-refractivity contribution >= 4 is 11.6 Å². The minimum atomic E-state index is -0.279. The maximum Gasteiger partial charge on any atom is 0.138 e. The molecule has 0 aliphatic heterocycles. The molecule has 0 saturated carbocycles. The van der Waals surface area contributed by atoms with E-state index in [4.69, 9.17) is 21.4 Å². The van der Waals surface area contributed by atoms with Crippen molar-refractivity contribution in [2.45, 2.75) is 13.2 Å². The molecular weight excluding hydrogens is 255 g/mol. The molecule has 2 aromatic rings. The Labute approximate surface area is 110 Å². The van der Waals surface area contributed by atoms with E-state index in [0.717, 1.165) is 11.1 Å². The highest BCUT2D eigenvalue weighted by atomic mass is 35.5. The van der Waals surface area contributed by atoms with Gasteiger partial charge in [0.25, 0.3) is 0 Å². The number of aliphatic hydroxyl groups excluding tert-OH is 1. The van der Waals surface area contributed by atoms with Crippen LogP contribution in [0.5, 0.6) is 5.75 Å². The van der Waals surface area contributed by atoms with E-state index in [9.17, 15) is 4.39 Å². The van der Waals surface area contributed by atoms with Gasteiger partial charge in [-0.15, -0.1) is 0 Å². The number of halogens is 2. The van der Waals surface area contributed by atoms with E-state index >= 15 is 0 Å². The molecule has 2 rings (SSSR count). The van der Waals surface area contributed by atoms with Crippen molar-refractivity contribution in [3.8, 4) is 5.75 Å². The van der Waals surface area contributed by atoms with E-state index in [0.29, 0.717) is 17.4 Å². The van der Waals surface area contributed by atoms with Crippen LogP contribution >= 0.6 is 11.6 Å². The van der Waals surface area contributed by atoms with Crippen LogP contribution in [0.2, 0.25) is 5.02 Å². The van der Waals surface area contributed by atoms with Gasteiger partial charge < -0.3 is 9.84 Å². The highest BCUT2D eigenvalue weighted by molar-refractivity contribution is 6.32. The molecule has 0 amide bonds. The van der Waals surface area contributed by atoms with Crippen molar-refractivity contribution in [1.82, 2.24) is 0 Å². The summed E-state index contributed by atoms with van der Waals surface area (Å²) in [5.41, 5.74) is 1.58. The van der Waals surface area contributed by atoms with Gasteiger partial charge in [0.15, 0.2) is 0 Å². The second-order valence-electron chi connectivity index (χ2n) is 3.84. The monoisotopic (exact) mass is 266 g/mol. The van der Waals surface area contributed by atoms with Crippen molar-refractivity contribution < 1.29 is 14.2 Å². The van der Waals surface area contributed by atoms with Gasteiger partial charge in [0, 0.05) is 0 Å². The molecule has 0 aliphatic carbocycles. The van der Waals surface area contributed by atoms with E-state index in [1.165, 1.54) is 12.1 Å². The average molecular weight is 267 g/mol. The van der Waals surface area contributed by atoms with Gasteiger partial charge in [-0.05, 0) is 35.4 Å². The number of ether oxygens (including phenoxy) is 1. The van der Waals surface area contributed by atoms with Crippen LogP contribution < -0.4 is 4.74 Å². The van der Waals surface area contributed by atoms with Gasteiger partial charge in [-0.25, -0.2) is 4.39 Å². The van der Waals surface area contributed by atoms with Gasteiger partial charge in [0.05, 0.1) is 11.6 Å². The molecule has 0 aromatic heterocycles. The van der Waals surface area contributed by atoms with Crippen molar-refractivity contribution in [3.63, 3.8) is 0 Å². The van der Waals surface area contributed by atoms with Crippen molar-refractivity contribution in [3.05, 3.63) is 64.4 Å². The third-order valence-corrected chi connectivity index (χ3v) is 2.80. The van der Waals surface area contributed by atoms with E-state index < -0.39 is 0 Å². The fourth-order valence-electron chi connectivity index (χ4n) is 1.50. The van der Waals surface area contributed by atoms with Crippen LogP contribution in [-0.2, 0) is 13.2 Å². The fourth-order valence-corrected chi connectivity index (χ4v) is 1.67.